The predicted molar refractivity (Wildman–Crippen MR) is 88.9 cm³/mol. The standard InChI is InChI=1S/C16H30N4O3/c1-11(2)17-14(21)10-20(4)12(3)15(22)19-16(23)18-13-8-6-5-7-9-13/h11-13H,5-10H2,1-4H3,(H,17,21)(H2,18,19,22,23)/t12-/m1/s1. The molecule has 1 fully saturated rings. The number of carbonyl (C=O) groups excluding carboxylic acids is 3. The third-order valence-electron chi connectivity index (χ3n) is 4.06. The average molecular weight is 326 g/mol. The van der Waals surface area contributed by atoms with Gasteiger partial charge in [0.2, 0.25) is 11.8 Å². The molecule has 132 valence electrons. The molecule has 0 aliphatic heterocycles. The molecule has 1 aliphatic carbocycles. The molecule has 1 rings (SSSR count). The Hall–Kier alpha value is -1.63. The van der Waals surface area contributed by atoms with E-state index >= 15 is 0 Å². The number of nitrogens with one attached hydrogen (secondary N) is 3. The van der Waals surface area contributed by atoms with E-state index < -0.39 is 18.0 Å². The SMILES string of the molecule is CC(C)NC(=O)CN(C)[C@H](C)C(=O)NC(=O)NC1CCCCC1. The van der Waals surface area contributed by atoms with E-state index in [0.717, 1.165) is 25.7 Å². The topological polar surface area (TPSA) is 90.5 Å². The molecule has 7 nitrogen and oxygen atoms in total. The number of carbonyl (C=O) groups is 3. The number of amides is 4. The number of nitrogens with zero attached hydrogens (tertiary/aromatic N) is 1. The summed E-state index contributed by atoms with van der Waals surface area (Å²) in [6, 6.07) is -0.804. The van der Waals surface area contributed by atoms with Gasteiger partial charge in [0.05, 0.1) is 12.6 Å². The molecular weight excluding hydrogens is 296 g/mol. The van der Waals surface area contributed by atoms with E-state index in [0.29, 0.717) is 0 Å². The molecule has 1 saturated carbocycles. The second-order valence-electron chi connectivity index (χ2n) is 6.61. The number of hydrogen-bond donors (Lipinski definition) is 3. The zero-order valence-corrected chi connectivity index (χ0v) is 14.6. The van der Waals surface area contributed by atoms with Crippen LogP contribution >= 0.6 is 0 Å². The molecule has 23 heavy (non-hydrogen) atoms. The molecule has 0 unspecified atom stereocenters. The van der Waals surface area contributed by atoms with Crippen molar-refractivity contribution in [3.63, 3.8) is 0 Å². The Labute approximate surface area is 138 Å². The van der Waals surface area contributed by atoms with E-state index in [2.05, 4.69) is 16.0 Å². The lowest BCUT2D eigenvalue weighted by molar-refractivity contribution is -0.127. The highest BCUT2D eigenvalue weighted by molar-refractivity contribution is 5.97. The van der Waals surface area contributed by atoms with Gasteiger partial charge in [-0.05, 0) is 40.7 Å². The van der Waals surface area contributed by atoms with Crippen molar-refractivity contribution in [3.05, 3.63) is 0 Å². The molecule has 0 aromatic rings. The number of imide groups is 1. The summed E-state index contributed by atoms with van der Waals surface area (Å²) in [7, 11) is 1.68. The first-order valence-electron chi connectivity index (χ1n) is 8.40. The van der Waals surface area contributed by atoms with E-state index in [1.165, 1.54) is 6.42 Å². The van der Waals surface area contributed by atoms with Crippen LogP contribution in [-0.2, 0) is 9.59 Å². The maximum Gasteiger partial charge on any atom is 0.321 e. The minimum Gasteiger partial charge on any atom is -0.353 e. The Morgan fingerprint density at radius 1 is 1.09 bits per heavy atom. The Morgan fingerprint density at radius 3 is 2.26 bits per heavy atom. The normalized spacial score (nSPS) is 17.0. The summed E-state index contributed by atoms with van der Waals surface area (Å²) in [4.78, 5) is 37.3. The molecule has 0 aromatic heterocycles. The summed E-state index contributed by atoms with van der Waals surface area (Å²) in [5, 5.41) is 7.97. The summed E-state index contributed by atoms with van der Waals surface area (Å²) in [5.74, 6) is -0.549. The number of urea groups is 1. The fourth-order valence-electron chi connectivity index (χ4n) is 2.62. The summed E-state index contributed by atoms with van der Waals surface area (Å²) in [6.45, 7) is 5.54. The van der Waals surface area contributed by atoms with Crippen LogP contribution < -0.4 is 16.0 Å². The summed E-state index contributed by atoms with van der Waals surface area (Å²) in [5.41, 5.74) is 0. The average Bonchev–Trinajstić information content (AvgIpc) is 2.46. The van der Waals surface area contributed by atoms with Gasteiger partial charge in [-0.2, -0.15) is 0 Å². The van der Waals surface area contributed by atoms with Gasteiger partial charge in [0.1, 0.15) is 0 Å². The van der Waals surface area contributed by atoms with Crippen LogP contribution in [0.4, 0.5) is 4.79 Å². The lowest BCUT2D eigenvalue weighted by Crippen LogP contribution is -2.52. The largest absolute Gasteiger partial charge is 0.353 e. The molecule has 0 saturated heterocycles. The molecule has 0 spiro atoms. The van der Waals surface area contributed by atoms with Crippen LogP contribution in [0, 0.1) is 0 Å². The fourth-order valence-corrected chi connectivity index (χ4v) is 2.62. The maximum absolute atomic E-state index is 12.1. The van der Waals surface area contributed by atoms with Crippen molar-refractivity contribution in [3.8, 4) is 0 Å². The molecule has 0 bridgehead atoms. The molecule has 7 heteroatoms. The summed E-state index contributed by atoms with van der Waals surface area (Å²) < 4.78 is 0. The number of likely N-dealkylation sites (N-methyl/N-ethyl adjacent to an activating group) is 1. The van der Waals surface area contributed by atoms with Crippen molar-refractivity contribution in [1.29, 1.82) is 0 Å². The minimum absolute atomic E-state index is 0.0568. The first-order chi connectivity index (χ1) is 10.8. The Kier molecular flexibility index (Phi) is 8.02. The predicted octanol–water partition coefficient (Wildman–Crippen LogP) is 0.990. The van der Waals surface area contributed by atoms with Gasteiger partial charge in [-0.25, -0.2) is 4.79 Å². The van der Waals surface area contributed by atoms with Gasteiger partial charge in [-0.15, -0.1) is 0 Å². The van der Waals surface area contributed by atoms with Crippen LogP contribution in [0.2, 0.25) is 0 Å². The molecule has 0 heterocycles. The summed E-state index contributed by atoms with van der Waals surface area (Å²) in [6.07, 6.45) is 5.36. The monoisotopic (exact) mass is 326 g/mol. The van der Waals surface area contributed by atoms with Crippen molar-refractivity contribution >= 4 is 17.8 Å². The zero-order valence-electron chi connectivity index (χ0n) is 14.6. The van der Waals surface area contributed by atoms with Gasteiger partial charge in [-0.3, -0.25) is 19.8 Å². The summed E-state index contributed by atoms with van der Waals surface area (Å²) >= 11 is 0. The van der Waals surface area contributed by atoms with Crippen LogP contribution in [0.15, 0.2) is 0 Å². The van der Waals surface area contributed by atoms with E-state index in [9.17, 15) is 14.4 Å². The smallest absolute Gasteiger partial charge is 0.321 e. The quantitative estimate of drug-likeness (QED) is 0.679. The van der Waals surface area contributed by atoms with Crippen LogP contribution in [0.25, 0.3) is 0 Å². The Morgan fingerprint density at radius 2 is 1.70 bits per heavy atom. The molecule has 3 N–H and O–H groups in total. The molecule has 4 amide bonds. The highest BCUT2D eigenvalue weighted by Gasteiger charge is 2.23. The third-order valence-corrected chi connectivity index (χ3v) is 4.06. The maximum atomic E-state index is 12.1. The minimum atomic E-state index is -0.565. The second-order valence-corrected chi connectivity index (χ2v) is 6.61. The van der Waals surface area contributed by atoms with Crippen molar-refractivity contribution in [2.75, 3.05) is 13.6 Å². The van der Waals surface area contributed by atoms with E-state index in [-0.39, 0.29) is 24.5 Å². The number of rotatable bonds is 6. The molecular formula is C16H30N4O3. The Balaban J connectivity index is 2.36. The van der Waals surface area contributed by atoms with Crippen LogP contribution in [0.5, 0.6) is 0 Å². The van der Waals surface area contributed by atoms with Gasteiger partial charge >= 0.3 is 6.03 Å². The Bertz CT molecular complexity index is 420. The van der Waals surface area contributed by atoms with E-state index in [1.807, 2.05) is 13.8 Å². The van der Waals surface area contributed by atoms with Crippen molar-refractivity contribution < 1.29 is 14.4 Å². The zero-order chi connectivity index (χ0) is 17.4. The highest BCUT2D eigenvalue weighted by atomic mass is 16.2. The van der Waals surface area contributed by atoms with Gasteiger partial charge < -0.3 is 10.6 Å². The van der Waals surface area contributed by atoms with Crippen LogP contribution in [0.3, 0.4) is 0 Å². The molecule has 1 aliphatic rings. The van der Waals surface area contributed by atoms with Crippen LogP contribution in [0.1, 0.15) is 52.9 Å². The fraction of sp³-hybridized carbons (Fsp3) is 0.812. The van der Waals surface area contributed by atoms with E-state index in [4.69, 9.17) is 0 Å². The first-order valence-corrected chi connectivity index (χ1v) is 8.40. The first kappa shape index (κ1) is 19.4. The molecule has 0 radical (unpaired) electrons. The second kappa shape index (κ2) is 9.50. The molecule has 1 atom stereocenters. The molecule has 0 aromatic carbocycles. The van der Waals surface area contributed by atoms with Gasteiger partial charge in [0, 0.05) is 12.1 Å². The van der Waals surface area contributed by atoms with Gasteiger partial charge in [-0.1, -0.05) is 19.3 Å². The van der Waals surface area contributed by atoms with Crippen molar-refractivity contribution in [2.24, 2.45) is 0 Å². The van der Waals surface area contributed by atoms with Gasteiger partial charge in [0.15, 0.2) is 0 Å². The van der Waals surface area contributed by atoms with E-state index in [1.54, 1.807) is 18.9 Å². The van der Waals surface area contributed by atoms with Crippen LogP contribution in [-0.4, -0.2) is 54.5 Å². The van der Waals surface area contributed by atoms with Crippen molar-refractivity contribution in [1.82, 2.24) is 20.9 Å². The third kappa shape index (κ3) is 7.45. The lowest BCUT2D eigenvalue weighted by atomic mass is 9.96. The lowest BCUT2D eigenvalue weighted by Gasteiger charge is -2.25. The van der Waals surface area contributed by atoms with Crippen molar-refractivity contribution in [2.45, 2.75) is 71.0 Å². The number of hydrogen-bond acceptors (Lipinski definition) is 4. The highest BCUT2D eigenvalue weighted by Crippen LogP contribution is 2.17. The van der Waals surface area contributed by atoms with Gasteiger partial charge in [0.25, 0.3) is 0 Å².